The minimum atomic E-state index is -3.39. The summed E-state index contributed by atoms with van der Waals surface area (Å²) < 4.78 is 44.6. The van der Waals surface area contributed by atoms with Gasteiger partial charge in [0.2, 0.25) is 10.0 Å². The molecule has 2 N–H and O–H groups in total. The predicted molar refractivity (Wildman–Crippen MR) is 74.7 cm³/mol. The number of benzene rings is 1. The zero-order chi connectivity index (χ0) is 14.8. The molecule has 8 heteroatoms. The quantitative estimate of drug-likeness (QED) is 0.873. The van der Waals surface area contributed by atoms with Crippen molar-refractivity contribution in [2.75, 3.05) is 26.0 Å². The summed E-state index contributed by atoms with van der Waals surface area (Å²) in [5.41, 5.74) is 0.553. The molecule has 1 aliphatic heterocycles. The molecule has 0 amide bonds. The van der Waals surface area contributed by atoms with Crippen molar-refractivity contribution >= 4 is 21.6 Å². The van der Waals surface area contributed by atoms with E-state index in [0.717, 1.165) is 6.26 Å². The summed E-state index contributed by atoms with van der Waals surface area (Å²) >= 11 is 5.65. The van der Waals surface area contributed by atoms with Gasteiger partial charge in [-0.3, -0.25) is 0 Å². The lowest BCUT2D eigenvalue weighted by molar-refractivity contribution is 0.0492. The van der Waals surface area contributed by atoms with E-state index in [1.165, 1.54) is 12.1 Å². The molecule has 0 saturated carbocycles. The molecule has 1 aliphatic rings. The molecule has 1 heterocycles. The molecule has 112 valence electrons. The fourth-order valence-corrected chi connectivity index (χ4v) is 3.01. The highest BCUT2D eigenvalue weighted by atomic mass is 35.5. The lowest BCUT2D eigenvalue weighted by Crippen LogP contribution is -2.44. The van der Waals surface area contributed by atoms with Crippen LogP contribution in [0.25, 0.3) is 0 Å². The van der Waals surface area contributed by atoms with Gasteiger partial charge in [0, 0.05) is 13.1 Å². The Morgan fingerprint density at radius 2 is 2.25 bits per heavy atom. The summed E-state index contributed by atoms with van der Waals surface area (Å²) in [5.74, 6) is -0.553. The number of hydrogen-bond donors (Lipinski definition) is 2. The highest BCUT2D eigenvalue weighted by Crippen LogP contribution is 2.26. The molecule has 1 fully saturated rings. The van der Waals surface area contributed by atoms with Gasteiger partial charge in [-0.1, -0.05) is 17.7 Å². The third-order valence-electron chi connectivity index (χ3n) is 2.94. The van der Waals surface area contributed by atoms with Crippen molar-refractivity contribution in [2.24, 2.45) is 0 Å². The van der Waals surface area contributed by atoms with Gasteiger partial charge in [-0.05, 0) is 17.7 Å². The minimum Gasteiger partial charge on any atom is -0.370 e. The summed E-state index contributed by atoms with van der Waals surface area (Å²) in [4.78, 5) is 0. The molecule has 0 bridgehead atoms. The molecule has 0 aliphatic carbocycles. The van der Waals surface area contributed by atoms with E-state index in [4.69, 9.17) is 16.3 Å². The van der Waals surface area contributed by atoms with Crippen molar-refractivity contribution < 1.29 is 17.5 Å². The highest BCUT2D eigenvalue weighted by Gasteiger charge is 2.28. The fraction of sp³-hybridized carbons (Fsp3) is 0.500. The van der Waals surface area contributed by atoms with Crippen molar-refractivity contribution in [2.45, 2.75) is 12.1 Å². The highest BCUT2D eigenvalue weighted by molar-refractivity contribution is 7.88. The normalized spacial score (nSPS) is 24.4. The molecular formula is C12H16ClFN2O3S. The van der Waals surface area contributed by atoms with Gasteiger partial charge in [0.1, 0.15) is 11.9 Å². The third kappa shape index (κ3) is 4.13. The van der Waals surface area contributed by atoms with Gasteiger partial charge >= 0.3 is 0 Å². The minimum absolute atomic E-state index is 0.0214. The number of halogens is 2. The van der Waals surface area contributed by atoms with E-state index in [9.17, 15) is 12.8 Å². The van der Waals surface area contributed by atoms with Crippen molar-refractivity contribution in [3.63, 3.8) is 0 Å². The summed E-state index contributed by atoms with van der Waals surface area (Å²) in [5, 5.41) is 3.10. The Morgan fingerprint density at radius 1 is 1.50 bits per heavy atom. The summed E-state index contributed by atoms with van der Waals surface area (Å²) in [6, 6.07) is 3.84. The molecule has 1 saturated heterocycles. The summed E-state index contributed by atoms with van der Waals surface area (Å²) in [7, 11) is -3.39. The standard InChI is InChI=1S/C12H16ClFN2O3S/c1-20(17,18)16-11-7-15-4-5-19-12(11)8-2-3-9(13)10(14)6-8/h2-3,6,11-12,15-16H,4-5,7H2,1H3/t11-,12+/m1/s1. The number of sulfonamides is 1. The van der Waals surface area contributed by atoms with Gasteiger partial charge in [-0.2, -0.15) is 0 Å². The number of hydrogen-bond acceptors (Lipinski definition) is 4. The second kappa shape index (κ2) is 6.36. The van der Waals surface area contributed by atoms with E-state index in [1.54, 1.807) is 6.07 Å². The molecule has 0 spiro atoms. The van der Waals surface area contributed by atoms with E-state index in [-0.39, 0.29) is 5.02 Å². The third-order valence-corrected chi connectivity index (χ3v) is 3.98. The Hall–Kier alpha value is -0.730. The Kier molecular flexibility index (Phi) is 4.98. The Morgan fingerprint density at radius 3 is 2.90 bits per heavy atom. The summed E-state index contributed by atoms with van der Waals surface area (Å²) in [6.07, 6.45) is 0.517. The zero-order valence-electron chi connectivity index (χ0n) is 10.9. The van der Waals surface area contributed by atoms with Crippen LogP contribution in [0.2, 0.25) is 5.02 Å². The van der Waals surface area contributed by atoms with Gasteiger partial charge in [-0.25, -0.2) is 17.5 Å². The first-order valence-corrected chi connectivity index (χ1v) is 8.38. The van der Waals surface area contributed by atoms with Crippen LogP contribution in [0.4, 0.5) is 4.39 Å². The second-order valence-electron chi connectivity index (χ2n) is 4.67. The smallest absolute Gasteiger partial charge is 0.209 e. The molecule has 0 radical (unpaired) electrons. The largest absolute Gasteiger partial charge is 0.370 e. The molecular weight excluding hydrogens is 307 g/mol. The van der Waals surface area contributed by atoms with Crippen LogP contribution < -0.4 is 10.0 Å². The van der Waals surface area contributed by atoms with Crippen LogP contribution >= 0.6 is 11.6 Å². The monoisotopic (exact) mass is 322 g/mol. The molecule has 0 aromatic heterocycles. The van der Waals surface area contributed by atoms with Crippen LogP contribution in [0.15, 0.2) is 18.2 Å². The van der Waals surface area contributed by atoms with E-state index in [2.05, 4.69) is 10.0 Å². The van der Waals surface area contributed by atoms with Crippen molar-refractivity contribution in [1.82, 2.24) is 10.0 Å². The SMILES string of the molecule is CS(=O)(=O)N[C@@H]1CNCCO[C@H]1c1ccc(Cl)c(F)c1. The molecule has 0 unspecified atom stereocenters. The first kappa shape index (κ1) is 15.7. The first-order valence-electron chi connectivity index (χ1n) is 6.11. The summed E-state index contributed by atoms with van der Waals surface area (Å²) in [6.45, 7) is 1.42. The maximum Gasteiger partial charge on any atom is 0.209 e. The molecule has 2 rings (SSSR count). The lowest BCUT2D eigenvalue weighted by atomic mass is 10.0. The molecule has 2 atom stereocenters. The van der Waals surface area contributed by atoms with Crippen LogP contribution in [0.5, 0.6) is 0 Å². The molecule has 1 aromatic rings. The Labute approximate surface area is 122 Å². The zero-order valence-corrected chi connectivity index (χ0v) is 12.5. The predicted octanol–water partition coefficient (Wildman–Crippen LogP) is 1.06. The Balaban J connectivity index is 2.29. The van der Waals surface area contributed by atoms with Crippen molar-refractivity contribution in [3.8, 4) is 0 Å². The van der Waals surface area contributed by atoms with Crippen LogP contribution in [-0.2, 0) is 14.8 Å². The average molecular weight is 323 g/mol. The lowest BCUT2D eigenvalue weighted by Gasteiger charge is -2.25. The van der Waals surface area contributed by atoms with E-state index in [1.807, 2.05) is 0 Å². The first-order chi connectivity index (χ1) is 9.37. The maximum atomic E-state index is 13.6. The maximum absolute atomic E-state index is 13.6. The van der Waals surface area contributed by atoms with E-state index < -0.39 is 28.0 Å². The van der Waals surface area contributed by atoms with Crippen LogP contribution in [0.1, 0.15) is 11.7 Å². The van der Waals surface area contributed by atoms with Crippen LogP contribution in [-0.4, -0.2) is 40.4 Å². The number of rotatable bonds is 3. The van der Waals surface area contributed by atoms with Gasteiger partial charge in [-0.15, -0.1) is 0 Å². The van der Waals surface area contributed by atoms with E-state index in [0.29, 0.717) is 25.3 Å². The van der Waals surface area contributed by atoms with Crippen molar-refractivity contribution in [3.05, 3.63) is 34.6 Å². The van der Waals surface area contributed by atoms with Crippen molar-refractivity contribution in [1.29, 1.82) is 0 Å². The number of ether oxygens (including phenoxy) is 1. The molecule has 1 aromatic carbocycles. The van der Waals surface area contributed by atoms with Gasteiger partial charge < -0.3 is 10.1 Å². The topological polar surface area (TPSA) is 67.4 Å². The molecule has 20 heavy (non-hydrogen) atoms. The van der Waals surface area contributed by atoms with Gasteiger partial charge in [0.25, 0.3) is 0 Å². The molecule has 5 nitrogen and oxygen atoms in total. The van der Waals surface area contributed by atoms with Gasteiger partial charge in [0.05, 0.1) is 23.9 Å². The van der Waals surface area contributed by atoms with E-state index >= 15 is 0 Å². The second-order valence-corrected chi connectivity index (χ2v) is 6.85. The van der Waals surface area contributed by atoms with Gasteiger partial charge in [0.15, 0.2) is 0 Å². The van der Waals surface area contributed by atoms with Crippen LogP contribution in [0, 0.1) is 5.82 Å². The fourth-order valence-electron chi connectivity index (χ4n) is 2.14. The number of nitrogens with one attached hydrogen (secondary N) is 2. The Bertz CT molecular complexity index is 582. The van der Waals surface area contributed by atoms with Crippen LogP contribution in [0.3, 0.4) is 0 Å². The average Bonchev–Trinajstić information content (AvgIpc) is 2.56.